The van der Waals surface area contributed by atoms with Crippen molar-refractivity contribution in [2.75, 3.05) is 25.0 Å². The lowest BCUT2D eigenvalue weighted by Crippen LogP contribution is -2.58. The highest BCUT2D eigenvalue weighted by molar-refractivity contribution is 6.02. The molecule has 0 saturated carbocycles. The van der Waals surface area contributed by atoms with Gasteiger partial charge in [-0.05, 0) is 56.7 Å². The minimum Gasteiger partial charge on any atom is -0.362 e. The molecule has 7 nitrogen and oxygen atoms in total. The third kappa shape index (κ3) is 3.89. The molecule has 7 heteroatoms. The molecule has 2 saturated heterocycles. The number of anilines is 1. The monoisotopic (exact) mass is 412 g/mol. The van der Waals surface area contributed by atoms with E-state index >= 15 is 0 Å². The number of likely N-dealkylation sites (tertiary alicyclic amines) is 2. The Balaban J connectivity index is 1.49. The van der Waals surface area contributed by atoms with Gasteiger partial charge < -0.3 is 20.4 Å². The van der Waals surface area contributed by atoms with Gasteiger partial charge in [0.25, 0.3) is 5.91 Å². The lowest BCUT2D eigenvalue weighted by Gasteiger charge is -2.40. The van der Waals surface area contributed by atoms with Gasteiger partial charge in [0.05, 0.1) is 5.56 Å². The second-order valence-electron chi connectivity index (χ2n) is 9.26. The Bertz CT molecular complexity index is 870. The van der Waals surface area contributed by atoms with E-state index in [0.29, 0.717) is 37.3 Å². The van der Waals surface area contributed by atoms with Gasteiger partial charge in [0.2, 0.25) is 11.8 Å². The van der Waals surface area contributed by atoms with Crippen LogP contribution in [0.3, 0.4) is 0 Å². The normalized spacial score (nSPS) is 27.8. The van der Waals surface area contributed by atoms with Gasteiger partial charge in [-0.25, -0.2) is 0 Å². The minimum absolute atomic E-state index is 0.0242. The maximum atomic E-state index is 13.1. The summed E-state index contributed by atoms with van der Waals surface area (Å²) < 4.78 is 0. The number of nitrogens with one attached hydrogen (secondary N) is 2. The Hall–Kier alpha value is -2.57. The fourth-order valence-corrected chi connectivity index (χ4v) is 5.00. The van der Waals surface area contributed by atoms with Gasteiger partial charge in [-0.3, -0.25) is 14.4 Å². The van der Waals surface area contributed by atoms with Crippen LogP contribution in [-0.4, -0.2) is 58.9 Å². The minimum atomic E-state index is -0.662. The van der Waals surface area contributed by atoms with Crippen LogP contribution in [0.2, 0.25) is 0 Å². The van der Waals surface area contributed by atoms with Crippen molar-refractivity contribution in [1.29, 1.82) is 0 Å². The van der Waals surface area contributed by atoms with Crippen LogP contribution in [0.15, 0.2) is 18.2 Å². The van der Waals surface area contributed by atoms with E-state index in [4.69, 9.17) is 0 Å². The molecule has 30 heavy (non-hydrogen) atoms. The summed E-state index contributed by atoms with van der Waals surface area (Å²) in [7, 11) is 0. The van der Waals surface area contributed by atoms with Crippen LogP contribution in [-0.2, 0) is 9.59 Å². The molecular weight excluding hydrogens is 380 g/mol. The summed E-state index contributed by atoms with van der Waals surface area (Å²) in [5.74, 6) is 0.399. The van der Waals surface area contributed by atoms with Crippen LogP contribution < -0.4 is 10.6 Å². The number of carbonyl (C=O) groups excluding carboxylic acids is 3. The molecule has 0 aromatic heterocycles. The lowest BCUT2D eigenvalue weighted by atomic mass is 9.94. The first-order valence-corrected chi connectivity index (χ1v) is 11.1. The number of aryl methyl sites for hydroxylation is 1. The molecule has 3 atom stereocenters. The van der Waals surface area contributed by atoms with Crippen molar-refractivity contribution in [2.45, 2.75) is 64.6 Å². The molecule has 162 valence electrons. The second kappa shape index (κ2) is 7.93. The molecule has 1 aromatic carbocycles. The van der Waals surface area contributed by atoms with Gasteiger partial charge in [0, 0.05) is 38.2 Å². The highest BCUT2D eigenvalue weighted by Gasteiger charge is 2.42. The van der Waals surface area contributed by atoms with E-state index in [9.17, 15) is 14.4 Å². The van der Waals surface area contributed by atoms with E-state index in [2.05, 4.69) is 17.6 Å². The smallest absolute Gasteiger partial charge is 0.255 e. The van der Waals surface area contributed by atoms with E-state index in [1.807, 2.05) is 36.9 Å². The largest absolute Gasteiger partial charge is 0.362 e. The summed E-state index contributed by atoms with van der Waals surface area (Å²) >= 11 is 0. The molecule has 3 aliphatic heterocycles. The van der Waals surface area contributed by atoms with Gasteiger partial charge in [-0.2, -0.15) is 0 Å². The summed E-state index contributed by atoms with van der Waals surface area (Å²) in [5.41, 5.74) is 1.85. The van der Waals surface area contributed by atoms with Crippen molar-refractivity contribution < 1.29 is 14.4 Å². The molecule has 3 amide bonds. The molecular formula is C23H32N4O3. The average Bonchev–Trinajstić information content (AvgIpc) is 2.86. The van der Waals surface area contributed by atoms with Crippen LogP contribution >= 0.6 is 0 Å². The number of benzene rings is 1. The highest BCUT2D eigenvalue weighted by Crippen LogP contribution is 2.33. The fourth-order valence-electron chi connectivity index (χ4n) is 5.00. The molecule has 1 spiro atoms. The summed E-state index contributed by atoms with van der Waals surface area (Å²) in [6.07, 6.45) is 3.53. The summed E-state index contributed by atoms with van der Waals surface area (Å²) in [4.78, 5) is 42.3. The van der Waals surface area contributed by atoms with Gasteiger partial charge in [-0.1, -0.05) is 13.0 Å². The summed E-state index contributed by atoms with van der Waals surface area (Å²) in [5, 5.41) is 6.60. The molecule has 1 aromatic rings. The van der Waals surface area contributed by atoms with Gasteiger partial charge in [0.1, 0.15) is 11.7 Å². The fraction of sp³-hybridized carbons (Fsp3) is 0.609. The number of amides is 3. The number of piperidine rings is 1. The van der Waals surface area contributed by atoms with E-state index in [1.54, 1.807) is 4.90 Å². The number of hydrogen-bond donors (Lipinski definition) is 2. The van der Waals surface area contributed by atoms with E-state index in [0.717, 1.165) is 37.2 Å². The Kier molecular flexibility index (Phi) is 5.47. The van der Waals surface area contributed by atoms with Crippen molar-refractivity contribution in [3.63, 3.8) is 0 Å². The van der Waals surface area contributed by atoms with E-state index in [1.165, 1.54) is 0 Å². The molecule has 4 rings (SSSR count). The number of carbonyl (C=O) groups is 3. The molecule has 0 aliphatic carbocycles. The quantitative estimate of drug-likeness (QED) is 0.782. The summed E-state index contributed by atoms with van der Waals surface area (Å²) in [6, 6.07) is 5.25. The molecule has 0 radical (unpaired) electrons. The standard InChI is InChI=1S/C23H32N4O3/c1-15-6-7-18-19(13-15)24-23(25-21(18)29)9-8-20(28)27(12-10-23)17(3)22(30)26-11-4-5-16(2)14-26/h6-7,13,16-17,24H,4-5,8-12,14H2,1-3H3,(H,25,29)/t16-,17-,23-/m1/s1. The summed E-state index contributed by atoms with van der Waals surface area (Å²) in [6.45, 7) is 7.97. The predicted octanol–water partition coefficient (Wildman–Crippen LogP) is 2.51. The molecule has 2 N–H and O–H groups in total. The van der Waals surface area contributed by atoms with Crippen LogP contribution in [0.25, 0.3) is 0 Å². The van der Waals surface area contributed by atoms with Crippen molar-refractivity contribution in [1.82, 2.24) is 15.1 Å². The maximum Gasteiger partial charge on any atom is 0.255 e. The van der Waals surface area contributed by atoms with Crippen LogP contribution in [0.4, 0.5) is 5.69 Å². The zero-order valence-corrected chi connectivity index (χ0v) is 18.2. The zero-order chi connectivity index (χ0) is 21.5. The number of nitrogens with zero attached hydrogens (tertiary/aromatic N) is 2. The van der Waals surface area contributed by atoms with Crippen molar-refractivity contribution >= 4 is 23.4 Å². The molecule has 2 fully saturated rings. The average molecular weight is 413 g/mol. The Labute approximate surface area is 178 Å². The van der Waals surface area contributed by atoms with Gasteiger partial charge >= 0.3 is 0 Å². The first-order valence-electron chi connectivity index (χ1n) is 11.1. The topological polar surface area (TPSA) is 81.8 Å². The Morgan fingerprint density at radius 1 is 1.20 bits per heavy atom. The Morgan fingerprint density at radius 2 is 2.00 bits per heavy atom. The van der Waals surface area contributed by atoms with Crippen molar-refractivity contribution in [3.8, 4) is 0 Å². The zero-order valence-electron chi connectivity index (χ0n) is 18.2. The molecule has 3 heterocycles. The van der Waals surface area contributed by atoms with Gasteiger partial charge in [0.15, 0.2) is 0 Å². The molecule has 3 aliphatic rings. The third-order valence-electron chi connectivity index (χ3n) is 6.81. The molecule has 0 bridgehead atoms. The van der Waals surface area contributed by atoms with Crippen LogP contribution in [0.1, 0.15) is 61.9 Å². The second-order valence-corrected chi connectivity index (χ2v) is 9.26. The highest BCUT2D eigenvalue weighted by atomic mass is 16.2. The first-order chi connectivity index (χ1) is 14.3. The number of fused-ring (bicyclic) bond motifs is 1. The Morgan fingerprint density at radius 3 is 2.77 bits per heavy atom. The SMILES string of the molecule is Cc1ccc2c(c1)N[C@]1(CCC(=O)N([C@H](C)C(=O)N3CCC[C@@H](C)C3)CC1)NC2=O. The maximum absolute atomic E-state index is 13.1. The van der Waals surface area contributed by atoms with Crippen molar-refractivity contribution in [3.05, 3.63) is 29.3 Å². The predicted molar refractivity (Wildman–Crippen MR) is 115 cm³/mol. The lowest BCUT2D eigenvalue weighted by molar-refractivity contribution is -0.145. The van der Waals surface area contributed by atoms with E-state index in [-0.39, 0.29) is 17.7 Å². The third-order valence-corrected chi connectivity index (χ3v) is 6.81. The number of hydrogen-bond acceptors (Lipinski definition) is 4. The van der Waals surface area contributed by atoms with Crippen molar-refractivity contribution in [2.24, 2.45) is 5.92 Å². The van der Waals surface area contributed by atoms with Crippen LogP contribution in [0, 0.1) is 12.8 Å². The van der Waals surface area contributed by atoms with E-state index < -0.39 is 11.7 Å². The number of rotatable bonds is 2. The van der Waals surface area contributed by atoms with Crippen LogP contribution in [0.5, 0.6) is 0 Å². The van der Waals surface area contributed by atoms with Gasteiger partial charge in [-0.15, -0.1) is 0 Å². The first kappa shape index (κ1) is 20.7. The molecule has 0 unspecified atom stereocenters.